The summed E-state index contributed by atoms with van der Waals surface area (Å²) >= 11 is 10.8. The van der Waals surface area contributed by atoms with Crippen molar-refractivity contribution in [3.05, 3.63) is 49.9 Å². The van der Waals surface area contributed by atoms with E-state index in [1.54, 1.807) is 22.7 Å². The molecule has 0 radical (unpaired) electrons. The van der Waals surface area contributed by atoms with Crippen LogP contribution in [-0.4, -0.2) is 9.36 Å². The highest BCUT2D eigenvalue weighted by Gasteiger charge is 2.17. The van der Waals surface area contributed by atoms with Gasteiger partial charge in [-0.05, 0) is 11.4 Å². The first-order chi connectivity index (χ1) is 8.74. The lowest BCUT2D eigenvalue weighted by Gasteiger charge is -2.00. The van der Waals surface area contributed by atoms with Crippen molar-refractivity contribution in [2.45, 2.75) is 5.38 Å². The van der Waals surface area contributed by atoms with E-state index in [4.69, 9.17) is 11.6 Å². The van der Waals surface area contributed by atoms with Crippen LogP contribution in [-0.2, 0) is 0 Å². The minimum Gasteiger partial charge on any atom is -0.277 e. The molecule has 92 valence electrons. The van der Waals surface area contributed by atoms with Crippen molar-refractivity contribution in [2.75, 3.05) is 0 Å². The van der Waals surface area contributed by atoms with Crippen LogP contribution < -0.4 is 5.56 Å². The number of halogens is 1. The number of nitrogens with zero attached hydrogens (tertiary/aromatic N) is 1. The van der Waals surface area contributed by atoms with Gasteiger partial charge in [-0.1, -0.05) is 17.6 Å². The molecule has 0 aromatic carbocycles. The standard InChI is InChI=1S/C11H7ClN2OS3/c12-10(8-4-9(15)14-18-8)6-5-17-11(13-6)7-2-1-3-16-7/h1-5,10H,(H,14,15). The zero-order valence-corrected chi connectivity index (χ0v) is 12.1. The SMILES string of the molecule is O=c1cc(C(Cl)c2csc(-c3cccs3)n2)s[nH]1. The quantitative estimate of drug-likeness (QED) is 0.744. The van der Waals surface area contributed by atoms with Gasteiger partial charge in [0.05, 0.1) is 15.4 Å². The van der Waals surface area contributed by atoms with Crippen LogP contribution in [0.25, 0.3) is 9.88 Å². The van der Waals surface area contributed by atoms with Crippen LogP contribution >= 0.6 is 45.8 Å². The monoisotopic (exact) mass is 314 g/mol. The Hall–Kier alpha value is -0.950. The molecule has 3 aromatic rings. The minimum atomic E-state index is -0.362. The molecule has 0 aliphatic rings. The molecule has 18 heavy (non-hydrogen) atoms. The van der Waals surface area contributed by atoms with Crippen LogP contribution in [0.3, 0.4) is 0 Å². The molecule has 1 N–H and O–H groups in total. The zero-order chi connectivity index (χ0) is 12.5. The molecule has 3 heterocycles. The van der Waals surface area contributed by atoms with Crippen LogP contribution in [0.1, 0.15) is 15.9 Å². The Kier molecular flexibility index (Phi) is 3.34. The molecule has 1 unspecified atom stereocenters. The summed E-state index contributed by atoms with van der Waals surface area (Å²) in [5.74, 6) is 0. The molecule has 0 saturated carbocycles. The van der Waals surface area contributed by atoms with E-state index in [1.807, 2.05) is 22.9 Å². The lowest BCUT2D eigenvalue weighted by molar-refractivity contribution is 1.10. The first kappa shape index (κ1) is 12.1. The van der Waals surface area contributed by atoms with Gasteiger partial charge in [-0.2, -0.15) is 0 Å². The van der Waals surface area contributed by atoms with Gasteiger partial charge in [0, 0.05) is 11.4 Å². The highest BCUT2D eigenvalue weighted by molar-refractivity contribution is 7.20. The number of rotatable bonds is 3. The number of hydrogen-bond acceptors (Lipinski definition) is 5. The zero-order valence-electron chi connectivity index (χ0n) is 8.92. The Morgan fingerprint density at radius 1 is 1.39 bits per heavy atom. The van der Waals surface area contributed by atoms with Gasteiger partial charge in [-0.3, -0.25) is 9.17 Å². The summed E-state index contributed by atoms with van der Waals surface area (Å²) in [6, 6.07) is 5.55. The number of hydrogen-bond donors (Lipinski definition) is 1. The maximum Gasteiger partial charge on any atom is 0.258 e. The lowest BCUT2D eigenvalue weighted by atomic mass is 10.3. The summed E-state index contributed by atoms with van der Waals surface area (Å²) in [4.78, 5) is 17.6. The van der Waals surface area contributed by atoms with Gasteiger partial charge in [0.15, 0.2) is 0 Å². The number of alkyl halides is 1. The fourth-order valence-corrected chi connectivity index (χ4v) is 4.19. The third kappa shape index (κ3) is 2.29. The summed E-state index contributed by atoms with van der Waals surface area (Å²) in [5.41, 5.74) is 0.676. The van der Waals surface area contributed by atoms with Crippen molar-refractivity contribution in [1.82, 2.24) is 9.36 Å². The van der Waals surface area contributed by atoms with E-state index in [0.29, 0.717) is 0 Å². The molecule has 7 heteroatoms. The summed E-state index contributed by atoms with van der Waals surface area (Å²) in [5, 5.41) is 4.57. The van der Waals surface area contributed by atoms with Crippen molar-refractivity contribution in [3.8, 4) is 9.88 Å². The first-order valence-electron chi connectivity index (χ1n) is 5.06. The number of aromatic amines is 1. The second-order valence-electron chi connectivity index (χ2n) is 3.53. The van der Waals surface area contributed by atoms with Gasteiger partial charge >= 0.3 is 0 Å². The third-order valence-corrected chi connectivity index (χ3v) is 5.69. The van der Waals surface area contributed by atoms with Gasteiger partial charge in [0.1, 0.15) is 10.4 Å². The topological polar surface area (TPSA) is 45.8 Å². The summed E-state index contributed by atoms with van der Waals surface area (Å²) in [6.45, 7) is 0. The first-order valence-corrected chi connectivity index (χ1v) is 8.07. The second kappa shape index (κ2) is 4.97. The van der Waals surface area contributed by atoms with Crippen LogP contribution in [0.4, 0.5) is 0 Å². The van der Waals surface area contributed by atoms with Crippen molar-refractivity contribution >= 4 is 45.8 Å². The minimum absolute atomic E-state index is 0.116. The predicted octanol–water partition coefficient (Wildman–Crippen LogP) is 3.95. The van der Waals surface area contributed by atoms with Crippen molar-refractivity contribution in [1.29, 1.82) is 0 Å². The molecule has 3 rings (SSSR count). The van der Waals surface area contributed by atoms with Gasteiger partial charge in [-0.25, -0.2) is 4.98 Å². The smallest absolute Gasteiger partial charge is 0.258 e. The number of H-pyrrole nitrogens is 1. The molecule has 1 atom stereocenters. The fourth-order valence-electron chi connectivity index (χ4n) is 1.48. The number of thiazole rings is 1. The highest BCUT2D eigenvalue weighted by atomic mass is 35.5. The van der Waals surface area contributed by atoms with Crippen LogP contribution in [0.15, 0.2) is 33.8 Å². The largest absolute Gasteiger partial charge is 0.277 e. The van der Waals surface area contributed by atoms with Crippen molar-refractivity contribution in [3.63, 3.8) is 0 Å². The van der Waals surface area contributed by atoms with Crippen LogP contribution in [0.5, 0.6) is 0 Å². The number of aromatic nitrogens is 2. The molecule has 0 spiro atoms. The van der Waals surface area contributed by atoms with Gasteiger partial charge < -0.3 is 0 Å². The molecule has 0 aliphatic carbocycles. The second-order valence-corrected chi connectivity index (χ2v) is 6.65. The molecule has 3 nitrogen and oxygen atoms in total. The Labute approximate surface area is 120 Å². The molecule has 0 aliphatic heterocycles. The van der Waals surface area contributed by atoms with Gasteiger partial charge in [0.25, 0.3) is 5.56 Å². The van der Waals surface area contributed by atoms with Gasteiger partial charge in [0.2, 0.25) is 0 Å². The molecule has 3 aromatic heterocycles. The van der Waals surface area contributed by atoms with E-state index < -0.39 is 0 Å². The van der Waals surface area contributed by atoms with E-state index in [-0.39, 0.29) is 10.9 Å². The van der Waals surface area contributed by atoms with E-state index in [2.05, 4.69) is 9.36 Å². The molecule has 0 fully saturated rings. The van der Waals surface area contributed by atoms with E-state index in [9.17, 15) is 4.79 Å². The Morgan fingerprint density at radius 2 is 2.28 bits per heavy atom. The Bertz CT molecular complexity index is 698. The maximum absolute atomic E-state index is 11.1. The number of thiophene rings is 1. The fraction of sp³-hybridized carbons (Fsp3) is 0.0909. The molecule has 0 bridgehead atoms. The molecular formula is C11H7ClN2OS3. The Morgan fingerprint density at radius 3 is 2.94 bits per heavy atom. The summed E-state index contributed by atoms with van der Waals surface area (Å²) in [6.07, 6.45) is 0. The van der Waals surface area contributed by atoms with Crippen molar-refractivity contribution in [2.24, 2.45) is 0 Å². The van der Waals surface area contributed by atoms with E-state index in [0.717, 1.165) is 20.5 Å². The van der Waals surface area contributed by atoms with Crippen molar-refractivity contribution < 1.29 is 0 Å². The maximum atomic E-state index is 11.1. The molecule has 0 amide bonds. The number of nitrogens with one attached hydrogen (secondary N) is 1. The average Bonchev–Trinajstić information content (AvgIpc) is 3.09. The van der Waals surface area contributed by atoms with Crippen LogP contribution in [0, 0.1) is 0 Å². The summed E-state index contributed by atoms with van der Waals surface area (Å²) < 4.78 is 2.63. The van der Waals surface area contributed by atoms with E-state index in [1.165, 1.54) is 17.6 Å². The third-order valence-electron chi connectivity index (χ3n) is 2.31. The Balaban J connectivity index is 1.91. The molecule has 0 saturated heterocycles. The van der Waals surface area contributed by atoms with Crippen LogP contribution in [0.2, 0.25) is 0 Å². The lowest BCUT2D eigenvalue weighted by Crippen LogP contribution is -1.95. The van der Waals surface area contributed by atoms with Gasteiger partial charge in [-0.15, -0.1) is 34.3 Å². The average molecular weight is 315 g/mol. The predicted molar refractivity (Wildman–Crippen MR) is 78.1 cm³/mol. The highest BCUT2D eigenvalue weighted by Crippen LogP contribution is 2.34. The summed E-state index contributed by atoms with van der Waals surface area (Å²) in [7, 11) is 0. The normalized spacial score (nSPS) is 12.7. The van der Waals surface area contributed by atoms with E-state index >= 15 is 0 Å². The molecular weight excluding hydrogens is 308 g/mol.